The molecule has 0 radical (unpaired) electrons. The van der Waals surface area contributed by atoms with Gasteiger partial charge in [0.2, 0.25) is 15.7 Å². The smallest absolute Gasteiger partial charge is 0.245 e. The maximum Gasteiger partial charge on any atom is 0.245 e. The molecule has 6 heteroatoms. The quantitative estimate of drug-likeness (QED) is 0.830. The van der Waals surface area contributed by atoms with E-state index in [1.54, 1.807) is 53.4 Å². The van der Waals surface area contributed by atoms with Gasteiger partial charge in [-0.1, -0.05) is 30.7 Å². The van der Waals surface area contributed by atoms with Crippen molar-refractivity contribution in [3.8, 4) is 0 Å². The van der Waals surface area contributed by atoms with Gasteiger partial charge in [-0.2, -0.15) is 0 Å². The highest BCUT2D eigenvalue weighted by Crippen LogP contribution is 2.43. The average molecular weight is 356 g/mol. The number of hydrogen-bond acceptors (Lipinski definition) is 4. The maximum absolute atomic E-state index is 13.1. The third-order valence-corrected chi connectivity index (χ3v) is 6.70. The Morgan fingerprint density at radius 3 is 1.92 bits per heavy atom. The molecule has 0 bridgehead atoms. The molecule has 4 rings (SSSR count). The first kappa shape index (κ1) is 16.3. The lowest BCUT2D eigenvalue weighted by molar-refractivity contribution is -0.119. The summed E-state index contributed by atoms with van der Waals surface area (Å²) in [6, 6.07) is 13.5. The Morgan fingerprint density at radius 1 is 0.840 bits per heavy atom. The summed E-state index contributed by atoms with van der Waals surface area (Å²) in [5.41, 5.74) is 0.895. The highest BCUT2D eigenvalue weighted by atomic mass is 32.2. The Balaban J connectivity index is 1.79. The molecule has 0 unspecified atom stereocenters. The van der Waals surface area contributed by atoms with E-state index < -0.39 is 9.84 Å². The van der Waals surface area contributed by atoms with Crippen molar-refractivity contribution in [1.82, 2.24) is 4.90 Å². The second-order valence-electron chi connectivity index (χ2n) is 6.50. The van der Waals surface area contributed by atoms with Crippen LogP contribution < -0.4 is 4.90 Å². The SMILES string of the molecule is O=C(CN1CCCCC1)N1c2ccccc2S(=O)(=O)c2ccccc21. The van der Waals surface area contributed by atoms with Crippen molar-refractivity contribution in [1.29, 1.82) is 0 Å². The zero-order valence-corrected chi connectivity index (χ0v) is 14.7. The van der Waals surface area contributed by atoms with Crippen LogP contribution in [0.4, 0.5) is 11.4 Å². The molecule has 0 spiro atoms. The van der Waals surface area contributed by atoms with Gasteiger partial charge < -0.3 is 0 Å². The van der Waals surface area contributed by atoms with Crippen molar-refractivity contribution in [3.05, 3.63) is 48.5 Å². The predicted octanol–water partition coefficient (Wildman–Crippen LogP) is 2.98. The number of para-hydroxylation sites is 2. The number of hydrogen-bond donors (Lipinski definition) is 0. The zero-order valence-electron chi connectivity index (χ0n) is 13.9. The first-order chi connectivity index (χ1) is 12.1. The number of fused-ring (bicyclic) bond motifs is 2. The van der Waals surface area contributed by atoms with Gasteiger partial charge in [-0.25, -0.2) is 8.42 Å². The molecule has 2 aromatic carbocycles. The number of rotatable bonds is 2. The largest absolute Gasteiger partial charge is 0.294 e. The first-order valence-electron chi connectivity index (χ1n) is 8.57. The van der Waals surface area contributed by atoms with Crippen molar-refractivity contribution in [2.45, 2.75) is 29.1 Å². The van der Waals surface area contributed by atoms with Crippen LogP contribution in [0.15, 0.2) is 58.3 Å². The molecule has 0 N–H and O–H groups in total. The van der Waals surface area contributed by atoms with E-state index in [0.29, 0.717) is 17.9 Å². The minimum Gasteiger partial charge on any atom is -0.294 e. The summed E-state index contributed by atoms with van der Waals surface area (Å²) >= 11 is 0. The van der Waals surface area contributed by atoms with Crippen molar-refractivity contribution in [2.24, 2.45) is 0 Å². The summed E-state index contributed by atoms with van der Waals surface area (Å²) in [4.78, 5) is 17.2. The number of sulfone groups is 1. The first-order valence-corrected chi connectivity index (χ1v) is 10.1. The van der Waals surface area contributed by atoms with Crippen LogP contribution >= 0.6 is 0 Å². The van der Waals surface area contributed by atoms with Crippen LogP contribution in [-0.4, -0.2) is 38.9 Å². The van der Waals surface area contributed by atoms with Crippen LogP contribution in [0.1, 0.15) is 19.3 Å². The number of carbonyl (C=O) groups excluding carboxylic acids is 1. The predicted molar refractivity (Wildman–Crippen MR) is 95.8 cm³/mol. The normalized spacial score (nSPS) is 19.1. The van der Waals surface area contributed by atoms with E-state index in [0.717, 1.165) is 25.9 Å². The number of likely N-dealkylation sites (tertiary alicyclic amines) is 1. The van der Waals surface area contributed by atoms with E-state index in [1.807, 2.05) is 0 Å². The molecule has 2 heterocycles. The van der Waals surface area contributed by atoms with Gasteiger partial charge in [-0.15, -0.1) is 0 Å². The van der Waals surface area contributed by atoms with Crippen LogP contribution in [0.5, 0.6) is 0 Å². The minimum absolute atomic E-state index is 0.0864. The Morgan fingerprint density at radius 2 is 1.36 bits per heavy atom. The van der Waals surface area contributed by atoms with Crippen LogP contribution in [0.25, 0.3) is 0 Å². The van der Waals surface area contributed by atoms with E-state index in [1.165, 1.54) is 6.42 Å². The highest BCUT2D eigenvalue weighted by molar-refractivity contribution is 7.92. The maximum atomic E-state index is 13.1. The number of benzene rings is 2. The van der Waals surface area contributed by atoms with Crippen LogP contribution in [0.3, 0.4) is 0 Å². The second-order valence-corrected chi connectivity index (χ2v) is 8.39. The Kier molecular flexibility index (Phi) is 4.09. The number of nitrogens with zero attached hydrogens (tertiary/aromatic N) is 2. The number of piperidine rings is 1. The van der Waals surface area contributed by atoms with E-state index in [9.17, 15) is 13.2 Å². The molecule has 25 heavy (non-hydrogen) atoms. The molecule has 0 aliphatic carbocycles. The number of carbonyl (C=O) groups is 1. The van der Waals surface area contributed by atoms with Crippen molar-refractivity contribution >= 4 is 27.1 Å². The van der Waals surface area contributed by atoms with Crippen molar-refractivity contribution < 1.29 is 13.2 Å². The van der Waals surface area contributed by atoms with E-state index >= 15 is 0 Å². The lowest BCUT2D eigenvalue weighted by Gasteiger charge is -2.33. The molecule has 5 nitrogen and oxygen atoms in total. The lowest BCUT2D eigenvalue weighted by Crippen LogP contribution is -2.42. The van der Waals surface area contributed by atoms with Gasteiger partial charge in [0.15, 0.2) is 0 Å². The van der Waals surface area contributed by atoms with Gasteiger partial charge in [0.05, 0.1) is 27.7 Å². The fraction of sp³-hybridized carbons (Fsp3) is 0.316. The third-order valence-electron chi connectivity index (χ3n) is 4.85. The fourth-order valence-electron chi connectivity index (χ4n) is 3.63. The van der Waals surface area contributed by atoms with Crippen molar-refractivity contribution in [2.75, 3.05) is 24.5 Å². The van der Waals surface area contributed by atoms with E-state index in [4.69, 9.17) is 0 Å². The summed E-state index contributed by atoms with van der Waals surface area (Å²) < 4.78 is 25.8. The molecule has 1 saturated heterocycles. The Labute approximate surface area is 147 Å². The summed E-state index contributed by atoms with van der Waals surface area (Å²) in [7, 11) is -3.61. The number of anilines is 2. The van der Waals surface area contributed by atoms with E-state index in [2.05, 4.69) is 4.90 Å². The van der Waals surface area contributed by atoms with Gasteiger partial charge in [0.1, 0.15) is 0 Å². The molecule has 1 amide bonds. The van der Waals surface area contributed by atoms with Crippen LogP contribution in [-0.2, 0) is 14.6 Å². The molecular weight excluding hydrogens is 336 g/mol. The van der Waals surface area contributed by atoms with Crippen LogP contribution in [0.2, 0.25) is 0 Å². The summed E-state index contributed by atoms with van der Waals surface area (Å²) in [6.07, 6.45) is 3.42. The zero-order chi connectivity index (χ0) is 17.4. The molecule has 0 atom stereocenters. The average Bonchev–Trinajstić information content (AvgIpc) is 2.63. The summed E-state index contributed by atoms with van der Waals surface area (Å²) in [6.45, 7) is 2.14. The monoisotopic (exact) mass is 356 g/mol. The van der Waals surface area contributed by atoms with Gasteiger partial charge in [-0.05, 0) is 50.2 Å². The van der Waals surface area contributed by atoms with Crippen LogP contribution in [0, 0.1) is 0 Å². The molecule has 1 fully saturated rings. The van der Waals surface area contributed by atoms with Gasteiger partial charge >= 0.3 is 0 Å². The minimum atomic E-state index is -3.61. The second kappa shape index (κ2) is 6.28. The molecular formula is C19H20N2O3S. The molecule has 130 valence electrons. The third kappa shape index (κ3) is 2.75. The summed E-state index contributed by atoms with van der Waals surface area (Å²) in [5.74, 6) is -0.0864. The topological polar surface area (TPSA) is 57.7 Å². The Bertz CT molecular complexity index is 864. The molecule has 2 aliphatic heterocycles. The fourth-order valence-corrected chi connectivity index (χ4v) is 5.26. The standard InChI is InChI=1S/C19H20N2O3S/c22-19(14-20-12-6-1-7-13-20)21-15-8-2-4-10-17(15)25(23,24)18-11-5-3-9-16(18)21/h2-5,8-11H,1,6-7,12-14H2. The lowest BCUT2D eigenvalue weighted by atomic mass is 10.1. The van der Waals surface area contributed by atoms with Crippen molar-refractivity contribution in [3.63, 3.8) is 0 Å². The molecule has 0 saturated carbocycles. The molecule has 0 aromatic heterocycles. The van der Waals surface area contributed by atoms with Gasteiger partial charge in [-0.3, -0.25) is 14.6 Å². The molecule has 2 aliphatic rings. The Hall–Kier alpha value is -2.18. The van der Waals surface area contributed by atoms with E-state index in [-0.39, 0.29) is 15.7 Å². The number of amides is 1. The molecule has 2 aromatic rings. The van der Waals surface area contributed by atoms with Gasteiger partial charge in [0, 0.05) is 0 Å². The summed E-state index contributed by atoms with van der Waals surface area (Å²) in [5, 5.41) is 0. The highest BCUT2D eigenvalue weighted by Gasteiger charge is 2.36. The van der Waals surface area contributed by atoms with Gasteiger partial charge in [0.25, 0.3) is 0 Å².